The van der Waals surface area contributed by atoms with Crippen LogP contribution < -0.4 is 10.6 Å². The van der Waals surface area contributed by atoms with Crippen molar-refractivity contribution in [1.29, 1.82) is 0 Å². The van der Waals surface area contributed by atoms with Crippen molar-refractivity contribution in [3.05, 3.63) is 48.2 Å². The molecule has 11 nitrogen and oxygen atoms in total. The zero-order valence-electron chi connectivity index (χ0n) is 17.1. The van der Waals surface area contributed by atoms with Gasteiger partial charge in [-0.3, -0.25) is 23.9 Å². The minimum Gasteiger partial charge on any atom is -0.350 e. The number of aromatic nitrogens is 7. The average molecular weight is 423 g/mol. The van der Waals surface area contributed by atoms with Gasteiger partial charge in [-0.1, -0.05) is 16.5 Å². The third kappa shape index (κ3) is 6.43. The van der Waals surface area contributed by atoms with Gasteiger partial charge in [0.2, 0.25) is 5.91 Å². The van der Waals surface area contributed by atoms with Crippen molar-refractivity contribution < 1.29 is 9.59 Å². The summed E-state index contributed by atoms with van der Waals surface area (Å²) in [6.07, 6.45) is 11.0. The van der Waals surface area contributed by atoms with Crippen LogP contribution in [0, 0.1) is 5.92 Å². The zero-order chi connectivity index (χ0) is 21.5. The number of nitrogens with zero attached hydrogens (tertiary/aromatic N) is 7. The molecule has 31 heavy (non-hydrogen) atoms. The van der Waals surface area contributed by atoms with Gasteiger partial charge in [0.15, 0.2) is 11.5 Å². The smallest absolute Gasteiger partial charge is 0.273 e. The molecule has 1 aliphatic carbocycles. The maximum Gasteiger partial charge on any atom is 0.273 e. The number of pyridine rings is 1. The largest absolute Gasteiger partial charge is 0.350 e. The number of carbonyl (C=O) groups excluding carboxylic acids is 2. The maximum atomic E-state index is 12.1. The first-order valence-electron chi connectivity index (χ1n) is 10.4. The molecule has 3 aromatic heterocycles. The highest BCUT2D eigenvalue weighted by atomic mass is 16.2. The fraction of sp³-hybridized carbons (Fsp3) is 0.450. The second kappa shape index (κ2) is 9.92. The summed E-state index contributed by atoms with van der Waals surface area (Å²) in [7, 11) is 0. The van der Waals surface area contributed by atoms with E-state index in [1.165, 1.54) is 12.8 Å². The Bertz CT molecular complexity index is 1010. The molecule has 1 saturated carbocycles. The number of unbranched alkanes of at least 4 members (excludes halogenated alkanes) is 1. The van der Waals surface area contributed by atoms with E-state index in [9.17, 15) is 9.59 Å². The van der Waals surface area contributed by atoms with Crippen LogP contribution in [0.25, 0.3) is 0 Å². The lowest BCUT2D eigenvalue weighted by molar-refractivity contribution is -0.115. The second-order valence-corrected chi connectivity index (χ2v) is 7.68. The Balaban J connectivity index is 1.15. The van der Waals surface area contributed by atoms with Crippen LogP contribution in [0.15, 0.2) is 36.9 Å². The van der Waals surface area contributed by atoms with E-state index in [-0.39, 0.29) is 18.2 Å². The fourth-order valence-corrected chi connectivity index (χ4v) is 3.05. The highest BCUT2D eigenvalue weighted by Gasteiger charge is 2.22. The Labute approximate surface area is 179 Å². The molecule has 0 aromatic carbocycles. The van der Waals surface area contributed by atoms with E-state index < -0.39 is 0 Å². The molecule has 0 aliphatic heterocycles. The lowest BCUT2D eigenvalue weighted by Gasteiger charge is -2.02. The lowest BCUT2D eigenvalue weighted by atomic mass is 10.2. The predicted octanol–water partition coefficient (Wildman–Crippen LogP) is 1.07. The normalized spacial score (nSPS) is 13.2. The third-order valence-corrected chi connectivity index (χ3v) is 4.94. The molecule has 1 fully saturated rings. The number of anilines is 1. The van der Waals surface area contributed by atoms with E-state index in [1.807, 2.05) is 6.07 Å². The lowest BCUT2D eigenvalue weighted by Crippen LogP contribution is -2.25. The van der Waals surface area contributed by atoms with Crippen LogP contribution in [0.2, 0.25) is 0 Å². The fourth-order valence-electron chi connectivity index (χ4n) is 3.05. The summed E-state index contributed by atoms with van der Waals surface area (Å²) >= 11 is 0. The third-order valence-electron chi connectivity index (χ3n) is 4.94. The van der Waals surface area contributed by atoms with Gasteiger partial charge in [-0.2, -0.15) is 0 Å². The predicted molar refractivity (Wildman–Crippen MR) is 111 cm³/mol. The molecule has 2 N–H and O–H groups in total. The van der Waals surface area contributed by atoms with E-state index in [1.54, 1.807) is 40.2 Å². The monoisotopic (exact) mass is 423 g/mol. The van der Waals surface area contributed by atoms with Crippen LogP contribution in [0.3, 0.4) is 0 Å². The summed E-state index contributed by atoms with van der Waals surface area (Å²) in [5.41, 5.74) is 1.19. The molecule has 0 saturated heterocycles. The molecule has 0 atom stereocenters. The summed E-state index contributed by atoms with van der Waals surface area (Å²) < 4.78 is 3.37. The average Bonchev–Trinajstić information content (AvgIpc) is 3.29. The van der Waals surface area contributed by atoms with E-state index in [4.69, 9.17) is 0 Å². The summed E-state index contributed by atoms with van der Waals surface area (Å²) in [6.45, 7) is 2.04. The van der Waals surface area contributed by atoms with Crippen LogP contribution in [-0.2, 0) is 24.3 Å². The van der Waals surface area contributed by atoms with E-state index in [2.05, 4.69) is 36.2 Å². The molecule has 1 aliphatic rings. The van der Waals surface area contributed by atoms with Gasteiger partial charge in [0.05, 0.1) is 18.8 Å². The first-order valence-corrected chi connectivity index (χ1v) is 10.4. The quantitative estimate of drug-likeness (QED) is 0.441. The van der Waals surface area contributed by atoms with Crippen LogP contribution in [0.4, 0.5) is 5.82 Å². The Kier molecular flexibility index (Phi) is 6.60. The van der Waals surface area contributed by atoms with Gasteiger partial charge >= 0.3 is 0 Å². The van der Waals surface area contributed by atoms with Crippen LogP contribution >= 0.6 is 0 Å². The molecule has 0 spiro atoms. The number of carbonyl (C=O) groups is 2. The maximum absolute atomic E-state index is 12.1. The van der Waals surface area contributed by atoms with E-state index in [0.717, 1.165) is 24.9 Å². The van der Waals surface area contributed by atoms with Crippen molar-refractivity contribution in [1.82, 2.24) is 40.3 Å². The molecule has 3 heterocycles. The second-order valence-electron chi connectivity index (χ2n) is 7.68. The molecule has 3 aromatic rings. The highest BCUT2D eigenvalue weighted by molar-refractivity contribution is 5.92. The number of amides is 2. The molecule has 4 rings (SSSR count). The molecule has 0 bridgehead atoms. The Hall–Kier alpha value is -3.63. The summed E-state index contributed by atoms with van der Waals surface area (Å²) in [5, 5.41) is 21.6. The molecular formula is C20H25N9O2. The summed E-state index contributed by atoms with van der Waals surface area (Å²) in [4.78, 5) is 28.1. The Morgan fingerprint density at radius 2 is 1.84 bits per heavy atom. The molecule has 0 unspecified atom stereocenters. The topological polar surface area (TPSA) is 133 Å². The van der Waals surface area contributed by atoms with Gasteiger partial charge in [0, 0.05) is 32.0 Å². The van der Waals surface area contributed by atoms with Gasteiger partial charge in [-0.25, -0.2) is 0 Å². The van der Waals surface area contributed by atoms with Gasteiger partial charge in [-0.05, 0) is 43.2 Å². The van der Waals surface area contributed by atoms with Crippen molar-refractivity contribution in [2.24, 2.45) is 5.92 Å². The molecule has 11 heteroatoms. The minimum atomic E-state index is -0.168. The summed E-state index contributed by atoms with van der Waals surface area (Å²) in [6, 6.07) is 3.64. The standard InChI is InChI=1S/C20H25N9O2/c30-19(10-16-4-3-7-21-11-16)23-18-14-29(27-25-18)9-2-1-8-28-13-17(24-26-28)20(31)22-12-15-5-6-15/h3-4,7,11,13-15H,1-2,5-6,8-10,12H2,(H,22,31)(H,23,30). The van der Waals surface area contributed by atoms with Crippen molar-refractivity contribution in [2.45, 2.75) is 45.2 Å². The highest BCUT2D eigenvalue weighted by Crippen LogP contribution is 2.27. The van der Waals surface area contributed by atoms with E-state index >= 15 is 0 Å². The van der Waals surface area contributed by atoms with E-state index in [0.29, 0.717) is 30.5 Å². The number of rotatable bonds is 11. The van der Waals surface area contributed by atoms with Crippen LogP contribution in [0.1, 0.15) is 41.7 Å². The Morgan fingerprint density at radius 1 is 1.06 bits per heavy atom. The zero-order valence-corrected chi connectivity index (χ0v) is 17.1. The first kappa shape index (κ1) is 20.6. The van der Waals surface area contributed by atoms with Gasteiger partial charge in [-0.15, -0.1) is 10.2 Å². The molecule has 2 amide bonds. The van der Waals surface area contributed by atoms with Gasteiger partial charge < -0.3 is 10.6 Å². The van der Waals surface area contributed by atoms with Crippen molar-refractivity contribution in [2.75, 3.05) is 11.9 Å². The SMILES string of the molecule is O=C(Cc1cccnc1)Nc1cn(CCCCn2cc(C(=O)NCC3CC3)nn2)nn1. The number of hydrogen-bond donors (Lipinski definition) is 2. The van der Waals surface area contributed by atoms with Gasteiger partial charge in [0.1, 0.15) is 0 Å². The minimum absolute atomic E-state index is 0.164. The summed E-state index contributed by atoms with van der Waals surface area (Å²) in [5.74, 6) is 0.722. The first-order chi connectivity index (χ1) is 15.2. The molecular weight excluding hydrogens is 398 g/mol. The van der Waals surface area contributed by atoms with Crippen molar-refractivity contribution in [3.8, 4) is 0 Å². The van der Waals surface area contributed by atoms with Gasteiger partial charge in [0.25, 0.3) is 5.91 Å². The van der Waals surface area contributed by atoms with Crippen LogP contribution in [-0.4, -0.2) is 53.3 Å². The molecule has 0 radical (unpaired) electrons. The number of nitrogens with one attached hydrogen (secondary N) is 2. The Morgan fingerprint density at radius 3 is 2.58 bits per heavy atom. The molecule has 162 valence electrons. The van der Waals surface area contributed by atoms with Crippen molar-refractivity contribution >= 4 is 17.6 Å². The van der Waals surface area contributed by atoms with Crippen LogP contribution in [0.5, 0.6) is 0 Å². The number of hydrogen-bond acceptors (Lipinski definition) is 7. The number of aryl methyl sites for hydroxylation is 2. The van der Waals surface area contributed by atoms with Crippen molar-refractivity contribution in [3.63, 3.8) is 0 Å².